The summed E-state index contributed by atoms with van der Waals surface area (Å²) in [5, 5.41) is 2.99. The van der Waals surface area contributed by atoms with Crippen LogP contribution in [-0.4, -0.2) is 25.3 Å². The Morgan fingerprint density at radius 3 is 2.77 bits per heavy atom. The van der Waals surface area contributed by atoms with Gasteiger partial charge in [0.05, 0.1) is 11.4 Å². The number of hydrogen-bond donors (Lipinski definition) is 1. The molecule has 0 radical (unpaired) electrons. The van der Waals surface area contributed by atoms with Gasteiger partial charge in [-0.1, -0.05) is 12.1 Å². The van der Waals surface area contributed by atoms with Gasteiger partial charge in [0, 0.05) is 36.9 Å². The number of carbonyl (C=O) groups excluding carboxylic acids is 1. The molecule has 1 N–H and O–H groups in total. The molecule has 0 bridgehead atoms. The molecule has 6 nitrogen and oxygen atoms in total. The molecule has 1 amide bonds. The lowest BCUT2D eigenvalue weighted by atomic mass is 10.1. The first-order valence-electron chi connectivity index (χ1n) is 8.30. The maximum Gasteiger partial charge on any atom is 0.270 e. The van der Waals surface area contributed by atoms with Crippen LogP contribution in [0.4, 0.5) is 0 Å². The number of nitrogens with one attached hydrogen (secondary N) is 1. The van der Waals surface area contributed by atoms with Crippen molar-refractivity contribution >= 4 is 11.6 Å². The highest BCUT2D eigenvalue weighted by molar-refractivity contribution is 5.94. The van der Waals surface area contributed by atoms with E-state index in [4.69, 9.17) is 0 Å². The number of pyridine rings is 3. The van der Waals surface area contributed by atoms with E-state index in [1.165, 1.54) is 0 Å². The SMILES string of the molecule is Cc1nc2ccccn2c1C(=O)NCc1cccnc1-c1ccncc1. The number of amides is 1. The van der Waals surface area contributed by atoms with Crippen LogP contribution in [0.3, 0.4) is 0 Å². The number of imidazole rings is 1. The second-order valence-electron chi connectivity index (χ2n) is 5.90. The van der Waals surface area contributed by atoms with Crippen LogP contribution >= 0.6 is 0 Å². The number of rotatable bonds is 4. The number of nitrogens with zero attached hydrogens (tertiary/aromatic N) is 4. The average molecular weight is 343 g/mol. The van der Waals surface area contributed by atoms with Crippen molar-refractivity contribution in [3.8, 4) is 11.3 Å². The van der Waals surface area contributed by atoms with Gasteiger partial charge in [0.2, 0.25) is 0 Å². The van der Waals surface area contributed by atoms with Crippen molar-refractivity contribution in [2.75, 3.05) is 0 Å². The van der Waals surface area contributed by atoms with E-state index >= 15 is 0 Å². The van der Waals surface area contributed by atoms with E-state index in [0.717, 1.165) is 22.5 Å². The van der Waals surface area contributed by atoms with Gasteiger partial charge in [0.1, 0.15) is 11.3 Å². The Morgan fingerprint density at radius 1 is 1.08 bits per heavy atom. The summed E-state index contributed by atoms with van der Waals surface area (Å²) in [6.45, 7) is 2.22. The fourth-order valence-electron chi connectivity index (χ4n) is 3.00. The lowest BCUT2D eigenvalue weighted by Gasteiger charge is -2.10. The van der Waals surface area contributed by atoms with Gasteiger partial charge in [-0.25, -0.2) is 4.98 Å². The summed E-state index contributed by atoms with van der Waals surface area (Å²) < 4.78 is 1.80. The molecule has 0 aliphatic rings. The Hall–Kier alpha value is -3.54. The fraction of sp³-hybridized carbons (Fsp3) is 0.100. The van der Waals surface area contributed by atoms with Crippen LogP contribution < -0.4 is 5.32 Å². The first-order chi connectivity index (χ1) is 12.7. The second kappa shape index (κ2) is 6.76. The minimum atomic E-state index is -0.161. The van der Waals surface area contributed by atoms with Crippen LogP contribution in [0.2, 0.25) is 0 Å². The smallest absolute Gasteiger partial charge is 0.270 e. The minimum absolute atomic E-state index is 0.161. The first kappa shape index (κ1) is 16.0. The summed E-state index contributed by atoms with van der Waals surface area (Å²) in [7, 11) is 0. The molecule has 0 atom stereocenters. The van der Waals surface area contributed by atoms with E-state index in [1.54, 1.807) is 23.0 Å². The van der Waals surface area contributed by atoms with Crippen LogP contribution in [0.5, 0.6) is 0 Å². The van der Waals surface area contributed by atoms with Crippen LogP contribution in [0.25, 0.3) is 16.9 Å². The molecule has 0 aliphatic heterocycles. The molecular formula is C20H17N5O. The van der Waals surface area contributed by atoms with Crippen molar-refractivity contribution < 1.29 is 4.79 Å². The molecule has 0 aliphatic carbocycles. The maximum absolute atomic E-state index is 12.8. The Labute approximate surface area is 150 Å². The van der Waals surface area contributed by atoms with Crippen molar-refractivity contribution in [2.24, 2.45) is 0 Å². The standard InChI is InChI=1S/C20H17N5O/c1-14-19(25-12-3-2-6-17(25)24-14)20(26)23-13-16-5-4-9-22-18(16)15-7-10-21-11-8-15/h2-12H,13H2,1H3,(H,23,26). The molecule has 0 saturated heterocycles. The predicted octanol–water partition coefficient (Wildman–Crippen LogP) is 3.03. The lowest BCUT2D eigenvalue weighted by molar-refractivity contribution is 0.0944. The van der Waals surface area contributed by atoms with E-state index in [1.807, 2.05) is 55.6 Å². The van der Waals surface area contributed by atoms with Crippen molar-refractivity contribution in [3.05, 3.63) is 84.2 Å². The van der Waals surface area contributed by atoms with E-state index in [-0.39, 0.29) is 5.91 Å². The Balaban J connectivity index is 1.60. The molecule has 0 unspecified atom stereocenters. The van der Waals surface area contributed by atoms with Gasteiger partial charge in [0.25, 0.3) is 5.91 Å². The molecule has 0 aromatic carbocycles. The largest absolute Gasteiger partial charge is 0.347 e. The third kappa shape index (κ3) is 2.93. The minimum Gasteiger partial charge on any atom is -0.347 e. The first-order valence-corrected chi connectivity index (χ1v) is 8.30. The zero-order valence-corrected chi connectivity index (χ0v) is 14.3. The molecule has 4 rings (SSSR count). The summed E-state index contributed by atoms with van der Waals surface area (Å²) >= 11 is 0. The van der Waals surface area contributed by atoms with Crippen LogP contribution in [0.1, 0.15) is 21.7 Å². The zero-order valence-electron chi connectivity index (χ0n) is 14.3. The molecule has 128 valence electrons. The monoisotopic (exact) mass is 343 g/mol. The van der Waals surface area contributed by atoms with Gasteiger partial charge in [-0.2, -0.15) is 0 Å². The molecular weight excluding hydrogens is 326 g/mol. The zero-order chi connectivity index (χ0) is 17.9. The van der Waals surface area contributed by atoms with Crippen molar-refractivity contribution in [3.63, 3.8) is 0 Å². The highest BCUT2D eigenvalue weighted by Gasteiger charge is 2.16. The number of aryl methyl sites for hydroxylation is 1. The Bertz CT molecular complexity index is 1070. The Kier molecular flexibility index (Phi) is 4.15. The summed E-state index contributed by atoms with van der Waals surface area (Å²) in [6, 6.07) is 13.3. The van der Waals surface area contributed by atoms with Crippen molar-refractivity contribution in [1.82, 2.24) is 24.7 Å². The molecule has 6 heteroatoms. The topological polar surface area (TPSA) is 72.2 Å². The molecule has 0 saturated carbocycles. The molecule has 4 aromatic heterocycles. The van der Waals surface area contributed by atoms with Gasteiger partial charge in [-0.15, -0.1) is 0 Å². The average Bonchev–Trinajstić information content (AvgIpc) is 3.03. The van der Waals surface area contributed by atoms with E-state index in [9.17, 15) is 4.79 Å². The Morgan fingerprint density at radius 2 is 1.92 bits per heavy atom. The van der Waals surface area contributed by atoms with Gasteiger partial charge in [-0.05, 0) is 42.8 Å². The highest BCUT2D eigenvalue weighted by atomic mass is 16.1. The summed E-state index contributed by atoms with van der Waals surface area (Å²) in [6.07, 6.45) is 7.05. The molecule has 0 fully saturated rings. The van der Waals surface area contributed by atoms with Crippen LogP contribution in [0.15, 0.2) is 67.3 Å². The molecule has 4 aromatic rings. The molecule has 4 heterocycles. The van der Waals surface area contributed by atoms with Crippen molar-refractivity contribution in [2.45, 2.75) is 13.5 Å². The summed E-state index contributed by atoms with van der Waals surface area (Å²) in [4.78, 5) is 25.7. The molecule has 26 heavy (non-hydrogen) atoms. The van der Waals surface area contributed by atoms with E-state index in [0.29, 0.717) is 17.9 Å². The van der Waals surface area contributed by atoms with Crippen LogP contribution in [0, 0.1) is 6.92 Å². The summed E-state index contributed by atoms with van der Waals surface area (Å²) in [5.41, 5.74) is 4.76. The number of fused-ring (bicyclic) bond motifs is 1. The van der Waals surface area contributed by atoms with E-state index in [2.05, 4.69) is 20.3 Å². The normalized spacial score (nSPS) is 10.8. The molecule has 0 spiro atoms. The van der Waals surface area contributed by atoms with Crippen LogP contribution in [-0.2, 0) is 6.54 Å². The van der Waals surface area contributed by atoms with E-state index < -0.39 is 0 Å². The third-order valence-corrected chi connectivity index (χ3v) is 4.20. The lowest BCUT2D eigenvalue weighted by Crippen LogP contribution is -2.25. The van der Waals surface area contributed by atoms with Crippen molar-refractivity contribution in [1.29, 1.82) is 0 Å². The van der Waals surface area contributed by atoms with Gasteiger partial charge in [-0.3, -0.25) is 19.2 Å². The quantitative estimate of drug-likeness (QED) is 0.618. The predicted molar refractivity (Wildman–Crippen MR) is 98.6 cm³/mol. The van der Waals surface area contributed by atoms with Gasteiger partial charge >= 0.3 is 0 Å². The highest BCUT2D eigenvalue weighted by Crippen LogP contribution is 2.20. The summed E-state index contributed by atoms with van der Waals surface area (Å²) in [5.74, 6) is -0.161. The van der Waals surface area contributed by atoms with Gasteiger partial charge < -0.3 is 5.32 Å². The second-order valence-corrected chi connectivity index (χ2v) is 5.90. The van der Waals surface area contributed by atoms with Gasteiger partial charge in [0.15, 0.2) is 0 Å². The number of hydrogen-bond acceptors (Lipinski definition) is 4. The number of aromatic nitrogens is 4. The third-order valence-electron chi connectivity index (χ3n) is 4.20. The maximum atomic E-state index is 12.8. The number of carbonyl (C=O) groups is 1. The fourth-order valence-corrected chi connectivity index (χ4v) is 3.00.